The summed E-state index contributed by atoms with van der Waals surface area (Å²) in [6, 6.07) is 6.08. The lowest BCUT2D eigenvalue weighted by molar-refractivity contribution is 0.287. The van der Waals surface area contributed by atoms with Crippen molar-refractivity contribution in [3.8, 4) is 11.5 Å². The molecule has 0 heterocycles. The number of unbranched alkanes of at least 4 members (excludes halogenated alkanes) is 3. The Morgan fingerprint density at radius 3 is 2.48 bits per heavy atom. The Morgan fingerprint density at radius 1 is 1.10 bits per heavy atom. The first-order valence-corrected chi connectivity index (χ1v) is 7.98. The molecule has 0 aliphatic rings. The molecule has 1 aromatic carbocycles. The predicted octanol–water partition coefficient (Wildman–Crippen LogP) is 4.62. The molecule has 2 N–H and O–H groups in total. The predicted molar refractivity (Wildman–Crippen MR) is 89.0 cm³/mol. The fourth-order valence-electron chi connectivity index (χ4n) is 2.29. The van der Waals surface area contributed by atoms with Crippen LogP contribution in [0.4, 0.5) is 0 Å². The van der Waals surface area contributed by atoms with Crippen molar-refractivity contribution in [3.05, 3.63) is 36.4 Å². The largest absolute Gasteiger partial charge is 0.490 e. The van der Waals surface area contributed by atoms with Gasteiger partial charge in [0.25, 0.3) is 0 Å². The zero-order chi connectivity index (χ0) is 15.5. The van der Waals surface area contributed by atoms with E-state index in [1.165, 1.54) is 12.8 Å². The molecule has 3 nitrogen and oxygen atoms in total. The van der Waals surface area contributed by atoms with E-state index in [1.807, 2.05) is 38.1 Å². The Bertz CT molecular complexity index is 418. The summed E-state index contributed by atoms with van der Waals surface area (Å²) in [7, 11) is 0. The van der Waals surface area contributed by atoms with Crippen molar-refractivity contribution in [1.82, 2.24) is 0 Å². The average Bonchev–Trinajstić information content (AvgIpc) is 2.49. The lowest BCUT2D eigenvalue weighted by Crippen LogP contribution is -2.10. The van der Waals surface area contributed by atoms with Gasteiger partial charge in [-0.1, -0.05) is 25.0 Å². The van der Waals surface area contributed by atoms with Gasteiger partial charge in [-0.2, -0.15) is 0 Å². The molecule has 0 aliphatic carbocycles. The number of hydrogen-bond donors (Lipinski definition) is 1. The van der Waals surface area contributed by atoms with Crippen molar-refractivity contribution in [2.75, 3.05) is 13.2 Å². The maximum absolute atomic E-state index is 6.28. The molecule has 118 valence electrons. The lowest BCUT2D eigenvalue weighted by atomic mass is 10.0. The van der Waals surface area contributed by atoms with Gasteiger partial charge >= 0.3 is 0 Å². The molecule has 1 rings (SSSR count). The molecule has 0 radical (unpaired) electrons. The highest BCUT2D eigenvalue weighted by Gasteiger charge is 2.11. The van der Waals surface area contributed by atoms with Crippen LogP contribution in [0.25, 0.3) is 0 Å². The lowest BCUT2D eigenvalue weighted by Gasteiger charge is -2.16. The van der Waals surface area contributed by atoms with Gasteiger partial charge in [-0.05, 0) is 50.8 Å². The van der Waals surface area contributed by atoms with Crippen LogP contribution in [0.3, 0.4) is 0 Å². The first-order chi connectivity index (χ1) is 10.2. The zero-order valence-electron chi connectivity index (χ0n) is 13.4. The third-order valence-electron chi connectivity index (χ3n) is 3.42. The first kappa shape index (κ1) is 17.6. The van der Waals surface area contributed by atoms with Crippen molar-refractivity contribution >= 4 is 0 Å². The van der Waals surface area contributed by atoms with E-state index in [9.17, 15) is 0 Å². The number of rotatable bonds is 11. The highest BCUT2D eigenvalue weighted by Crippen LogP contribution is 2.31. The molecule has 0 aliphatic heterocycles. The Kier molecular flexibility index (Phi) is 8.60. The molecular formula is C18H29NO2. The van der Waals surface area contributed by atoms with Crippen LogP contribution >= 0.6 is 0 Å². The van der Waals surface area contributed by atoms with Crippen LogP contribution in [0.15, 0.2) is 30.9 Å². The molecule has 0 amide bonds. The van der Waals surface area contributed by atoms with Crippen molar-refractivity contribution in [3.63, 3.8) is 0 Å². The van der Waals surface area contributed by atoms with E-state index in [2.05, 4.69) is 6.58 Å². The van der Waals surface area contributed by atoms with E-state index in [0.717, 1.165) is 36.3 Å². The second-order valence-corrected chi connectivity index (χ2v) is 5.11. The molecule has 0 saturated heterocycles. The van der Waals surface area contributed by atoms with Gasteiger partial charge in [0.1, 0.15) is 0 Å². The van der Waals surface area contributed by atoms with Gasteiger partial charge in [-0.3, -0.25) is 0 Å². The summed E-state index contributed by atoms with van der Waals surface area (Å²) in [5, 5.41) is 0. The Labute approximate surface area is 129 Å². The first-order valence-electron chi connectivity index (χ1n) is 7.98. The van der Waals surface area contributed by atoms with Gasteiger partial charge in [-0.25, -0.2) is 0 Å². The van der Waals surface area contributed by atoms with Crippen LogP contribution in [-0.4, -0.2) is 13.2 Å². The van der Waals surface area contributed by atoms with Gasteiger partial charge in [0, 0.05) is 6.04 Å². The van der Waals surface area contributed by atoms with Crippen LogP contribution in [0.1, 0.15) is 57.6 Å². The van der Waals surface area contributed by atoms with E-state index in [0.29, 0.717) is 13.2 Å². The van der Waals surface area contributed by atoms with E-state index in [4.69, 9.17) is 15.2 Å². The van der Waals surface area contributed by atoms with E-state index < -0.39 is 0 Å². The average molecular weight is 291 g/mol. The van der Waals surface area contributed by atoms with Crippen LogP contribution < -0.4 is 15.2 Å². The number of allylic oxidation sites excluding steroid dienone is 1. The van der Waals surface area contributed by atoms with Gasteiger partial charge in [0.15, 0.2) is 11.5 Å². The summed E-state index contributed by atoms with van der Waals surface area (Å²) >= 11 is 0. The molecule has 0 fully saturated rings. The molecule has 3 heteroatoms. The third kappa shape index (κ3) is 6.21. The number of benzene rings is 1. The third-order valence-corrected chi connectivity index (χ3v) is 3.42. The fraction of sp³-hybridized carbons (Fsp3) is 0.556. The summed E-state index contributed by atoms with van der Waals surface area (Å²) in [6.07, 6.45) is 7.61. The van der Waals surface area contributed by atoms with Gasteiger partial charge in [0.05, 0.1) is 13.2 Å². The van der Waals surface area contributed by atoms with Gasteiger partial charge in [0.2, 0.25) is 0 Å². The minimum atomic E-state index is 0.0589. The molecule has 1 unspecified atom stereocenters. The number of nitrogens with two attached hydrogens (primary N) is 1. The van der Waals surface area contributed by atoms with Crippen molar-refractivity contribution < 1.29 is 9.47 Å². The van der Waals surface area contributed by atoms with Crippen molar-refractivity contribution in [2.24, 2.45) is 5.73 Å². The Hall–Kier alpha value is -1.48. The van der Waals surface area contributed by atoms with Crippen LogP contribution in [0.5, 0.6) is 11.5 Å². The minimum absolute atomic E-state index is 0.0589. The normalized spacial score (nSPS) is 12.0. The van der Waals surface area contributed by atoms with E-state index in [-0.39, 0.29) is 6.04 Å². The fourth-order valence-corrected chi connectivity index (χ4v) is 2.29. The summed E-state index contributed by atoms with van der Waals surface area (Å²) in [5.74, 6) is 1.58. The smallest absolute Gasteiger partial charge is 0.161 e. The molecular weight excluding hydrogens is 262 g/mol. The summed E-state index contributed by atoms with van der Waals surface area (Å²) in [5.41, 5.74) is 7.40. The maximum Gasteiger partial charge on any atom is 0.161 e. The van der Waals surface area contributed by atoms with Crippen LogP contribution in [-0.2, 0) is 0 Å². The number of ether oxygens (including phenoxy) is 2. The molecule has 0 spiro atoms. The van der Waals surface area contributed by atoms with Crippen molar-refractivity contribution in [1.29, 1.82) is 0 Å². The highest BCUT2D eigenvalue weighted by molar-refractivity contribution is 5.43. The summed E-state index contributed by atoms with van der Waals surface area (Å²) in [4.78, 5) is 0. The molecule has 1 atom stereocenters. The Balaban J connectivity index is 2.60. The second kappa shape index (κ2) is 10.3. The Morgan fingerprint density at radius 2 is 1.81 bits per heavy atom. The topological polar surface area (TPSA) is 44.5 Å². The number of hydrogen-bond acceptors (Lipinski definition) is 3. The summed E-state index contributed by atoms with van der Waals surface area (Å²) < 4.78 is 11.2. The van der Waals surface area contributed by atoms with Crippen LogP contribution in [0.2, 0.25) is 0 Å². The highest BCUT2D eigenvalue weighted by atomic mass is 16.5. The second-order valence-electron chi connectivity index (χ2n) is 5.11. The minimum Gasteiger partial charge on any atom is -0.490 e. The molecule has 21 heavy (non-hydrogen) atoms. The van der Waals surface area contributed by atoms with E-state index >= 15 is 0 Å². The molecule has 0 aromatic heterocycles. The summed E-state index contributed by atoms with van der Waals surface area (Å²) in [6.45, 7) is 8.95. The maximum atomic E-state index is 6.28. The van der Waals surface area contributed by atoms with Crippen molar-refractivity contribution in [2.45, 2.75) is 52.0 Å². The quantitative estimate of drug-likeness (QED) is 0.478. The molecule has 1 aromatic rings. The van der Waals surface area contributed by atoms with Gasteiger partial charge in [-0.15, -0.1) is 6.58 Å². The van der Waals surface area contributed by atoms with Gasteiger partial charge < -0.3 is 15.2 Å². The van der Waals surface area contributed by atoms with Crippen LogP contribution in [0, 0.1) is 0 Å². The standard InChI is InChI=1S/C18H29NO2/c1-4-7-8-9-10-11-16(19)15-12-13-17(20-5-2)18(14-15)21-6-3/h4,12-14,16H,1,5-11,19H2,2-3H3. The monoisotopic (exact) mass is 291 g/mol. The molecule has 0 bridgehead atoms. The van der Waals surface area contributed by atoms with E-state index in [1.54, 1.807) is 0 Å². The molecule has 0 saturated carbocycles. The SMILES string of the molecule is C=CCCCCCC(N)c1ccc(OCC)c(OCC)c1. The zero-order valence-corrected chi connectivity index (χ0v) is 13.4.